The normalized spacial score (nSPS) is 11.1. The van der Waals surface area contributed by atoms with Crippen LogP contribution in [0.3, 0.4) is 0 Å². The Morgan fingerprint density at radius 1 is 1.39 bits per heavy atom. The third kappa shape index (κ3) is 3.31. The molecule has 96 valence electrons. The van der Waals surface area contributed by atoms with E-state index in [9.17, 15) is 4.39 Å². The van der Waals surface area contributed by atoms with Gasteiger partial charge < -0.3 is 5.73 Å². The summed E-state index contributed by atoms with van der Waals surface area (Å²) >= 11 is 5.08. The fraction of sp³-hybridized carbons (Fsp3) is 0.231. The number of hydrogen-bond donors (Lipinski definition) is 1. The maximum absolute atomic E-state index is 13.6. The van der Waals surface area contributed by atoms with Crippen molar-refractivity contribution in [3.05, 3.63) is 50.4 Å². The van der Waals surface area contributed by atoms with Crippen LogP contribution in [0.5, 0.6) is 0 Å². The van der Waals surface area contributed by atoms with E-state index in [4.69, 9.17) is 5.73 Å². The number of hydrogen-bond acceptors (Lipinski definition) is 3. The molecule has 0 unspecified atom stereocenters. The summed E-state index contributed by atoms with van der Waals surface area (Å²) in [5.41, 5.74) is 8.08. The van der Waals surface area contributed by atoms with E-state index < -0.39 is 0 Å². The van der Waals surface area contributed by atoms with Crippen LogP contribution in [0.2, 0.25) is 0 Å². The molecule has 0 aliphatic heterocycles. The van der Waals surface area contributed by atoms with E-state index in [0.29, 0.717) is 17.8 Å². The fourth-order valence-electron chi connectivity index (χ4n) is 1.81. The van der Waals surface area contributed by atoms with Crippen LogP contribution in [0, 0.1) is 5.82 Å². The van der Waals surface area contributed by atoms with Crippen molar-refractivity contribution in [3.8, 4) is 0 Å². The highest BCUT2D eigenvalue weighted by Gasteiger charge is 2.10. The lowest BCUT2D eigenvalue weighted by atomic mass is 10.1. The number of benzene rings is 1. The molecule has 2 nitrogen and oxygen atoms in total. The summed E-state index contributed by atoms with van der Waals surface area (Å²) in [5.74, 6) is -0.242. The Labute approximate surface area is 118 Å². The van der Waals surface area contributed by atoms with Gasteiger partial charge >= 0.3 is 0 Å². The van der Waals surface area contributed by atoms with Crippen molar-refractivity contribution in [2.45, 2.75) is 13.1 Å². The first kappa shape index (κ1) is 13.5. The average Bonchev–Trinajstić information content (AvgIpc) is 2.69. The van der Waals surface area contributed by atoms with E-state index in [2.05, 4.69) is 27.4 Å². The predicted molar refractivity (Wildman–Crippen MR) is 78.0 cm³/mol. The van der Waals surface area contributed by atoms with Crippen molar-refractivity contribution in [1.82, 2.24) is 4.90 Å². The van der Waals surface area contributed by atoms with Gasteiger partial charge in [-0.15, -0.1) is 11.3 Å². The molecule has 2 rings (SSSR count). The third-order valence-corrected chi connectivity index (χ3v) is 4.21. The predicted octanol–water partition coefficient (Wildman–Crippen LogP) is 3.86. The monoisotopic (exact) mass is 328 g/mol. The van der Waals surface area contributed by atoms with Gasteiger partial charge in [0.25, 0.3) is 0 Å². The molecule has 18 heavy (non-hydrogen) atoms. The number of nitrogen functional groups attached to an aromatic ring is 1. The molecule has 2 N–H and O–H groups in total. The smallest absolute Gasteiger partial charge is 0.129 e. The zero-order valence-corrected chi connectivity index (χ0v) is 12.4. The number of nitrogens with zero attached hydrogens (tertiary/aromatic N) is 1. The number of rotatable bonds is 4. The molecule has 0 bridgehead atoms. The van der Waals surface area contributed by atoms with Gasteiger partial charge in [-0.2, -0.15) is 0 Å². The zero-order chi connectivity index (χ0) is 13.1. The molecule has 0 radical (unpaired) electrons. The molecule has 0 atom stereocenters. The minimum Gasteiger partial charge on any atom is -0.398 e. The fourth-order valence-corrected chi connectivity index (χ4v) is 3.01. The summed E-state index contributed by atoms with van der Waals surface area (Å²) in [5, 5.41) is 2.09. The topological polar surface area (TPSA) is 29.3 Å². The van der Waals surface area contributed by atoms with Crippen LogP contribution >= 0.6 is 27.3 Å². The number of nitrogens with two attached hydrogens (primary N) is 1. The molecule has 0 saturated carbocycles. The molecule has 1 aromatic heterocycles. The van der Waals surface area contributed by atoms with Crippen molar-refractivity contribution in [2.24, 2.45) is 0 Å². The van der Waals surface area contributed by atoms with Crippen molar-refractivity contribution in [3.63, 3.8) is 0 Å². The Balaban J connectivity index is 2.05. The maximum Gasteiger partial charge on any atom is 0.129 e. The molecule has 1 heterocycles. The third-order valence-electron chi connectivity index (χ3n) is 2.66. The van der Waals surface area contributed by atoms with Crippen molar-refractivity contribution < 1.29 is 4.39 Å². The van der Waals surface area contributed by atoms with E-state index in [1.54, 1.807) is 23.5 Å². The van der Waals surface area contributed by atoms with Crippen LogP contribution in [0.1, 0.15) is 11.1 Å². The number of anilines is 1. The van der Waals surface area contributed by atoms with Gasteiger partial charge in [0, 0.05) is 24.3 Å². The second-order valence-corrected chi connectivity index (χ2v) is 6.53. The molecule has 0 amide bonds. The van der Waals surface area contributed by atoms with Crippen molar-refractivity contribution in [2.75, 3.05) is 12.8 Å². The van der Waals surface area contributed by atoms with E-state index in [0.717, 1.165) is 10.3 Å². The summed E-state index contributed by atoms with van der Waals surface area (Å²) < 4.78 is 14.7. The van der Waals surface area contributed by atoms with Gasteiger partial charge in [0.1, 0.15) is 5.82 Å². The van der Waals surface area contributed by atoms with Crippen LogP contribution < -0.4 is 5.73 Å². The lowest BCUT2D eigenvalue weighted by Gasteiger charge is -2.17. The molecule has 0 aliphatic carbocycles. The minimum absolute atomic E-state index is 0.242. The minimum atomic E-state index is -0.242. The average molecular weight is 329 g/mol. The van der Waals surface area contributed by atoms with Gasteiger partial charge in [0.2, 0.25) is 0 Å². The molecule has 0 saturated heterocycles. The van der Waals surface area contributed by atoms with Crippen molar-refractivity contribution >= 4 is 33.0 Å². The van der Waals surface area contributed by atoms with E-state index in [-0.39, 0.29) is 5.82 Å². The molecule has 1 aromatic carbocycles. The Kier molecular flexibility index (Phi) is 4.37. The second kappa shape index (κ2) is 5.82. The SMILES string of the molecule is CN(Cc1csc(Br)c1)Cc1c(N)cccc1F. The lowest BCUT2D eigenvalue weighted by molar-refractivity contribution is 0.314. The van der Waals surface area contributed by atoms with Crippen molar-refractivity contribution in [1.29, 1.82) is 0 Å². The second-order valence-electron chi connectivity index (χ2n) is 4.24. The van der Waals surface area contributed by atoms with Gasteiger partial charge in [-0.1, -0.05) is 6.07 Å². The van der Waals surface area contributed by atoms with Crippen LogP contribution in [0.4, 0.5) is 10.1 Å². The molecule has 2 aromatic rings. The van der Waals surface area contributed by atoms with E-state index in [1.165, 1.54) is 11.6 Å². The van der Waals surface area contributed by atoms with Gasteiger partial charge in [-0.3, -0.25) is 4.90 Å². The first-order chi connectivity index (χ1) is 8.56. The van der Waals surface area contributed by atoms with Gasteiger partial charge in [0.05, 0.1) is 3.79 Å². The quantitative estimate of drug-likeness (QED) is 0.863. The zero-order valence-electron chi connectivity index (χ0n) is 9.99. The standard InChI is InChI=1S/C13H14BrFN2S/c1-17(6-9-5-13(14)18-8-9)7-10-11(15)3-2-4-12(10)16/h2-5,8H,6-7,16H2,1H3. The largest absolute Gasteiger partial charge is 0.398 e. The number of thiophene rings is 1. The summed E-state index contributed by atoms with van der Waals surface area (Å²) in [7, 11) is 1.96. The van der Waals surface area contributed by atoms with Crippen LogP contribution in [-0.4, -0.2) is 11.9 Å². The van der Waals surface area contributed by atoms with E-state index >= 15 is 0 Å². The molecular formula is C13H14BrFN2S. The Bertz CT molecular complexity index is 521. The highest BCUT2D eigenvalue weighted by Crippen LogP contribution is 2.23. The summed E-state index contributed by atoms with van der Waals surface area (Å²) in [6, 6.07) is 6.88. The van der Waals surface area contributed by atoms with E-state index in [1.807, 2.05) is 11.9 Å². The summed E-state index contributed by atoms with van der Waals surface area (Å²) in [4.78, 5) is 2.04. The van der Waals surface area contributed by atoms with Gasteiger partial charge in [-0.05, 0) is 52.1 Å². The highest BCUT2D eigenvalue weighted by molar-refractivity contribution is 9.11. The Morgan fingerprint density at radius 2 is 2.17 bits per heavy atom. The Morgan fingerprint density at radius 3 is 2.78 bits per heavy atom. The molecular weight excluding hydrogens is 315 g/mol. The molecule has 0 spiro atoms. The number of halogens is 2. The van der Waals surface area contributed by atoms with Crippen LogP contribution in [0.25, 0.3) is 0 Å². The lowest BCUT2D eigenvalue weighted by Crippen LogP contribution is -2.18. The van der Waals surface area contributed by atoms with Gasteiger partial charge in [-0.25, -0.2) is 4.39 Å². The van der Waals surface area contributed by atoms with Crippen LogP contribution in [-0.2, 0) is 13.1 Å². The molecule has 0 aliphatic rings. The summed E-state index contributed by atoms with van der Waals surface area (Å²) in [6.07, 6.45) is 0. The Hall–Kier alpha value is -0.910. The highest BCUT2D eigenvalue weighted by atomic mass is 79.9. The van der Waals surface area contributed by atoms with Gasteiger partial charge in [0.15, 0.2) is 0 Å². The molecule has 0 fully saturated rings. The van der Waals surface area contributed by atoms with Crippen LogP contribution in [0.15, 0.2) is 33.4 Å². The maximum atomic E-state index is 13.6. The first-order valence-electron chi connectivity index (χ1n) is 5.50. The molecule has 5 heteroatoms. The summed E-state index contributed by atoms with van der Waals surface area (Å²) in [6.45, 7) is 1.28. The first-order valence-corrected chi connectivity index (χ1v) is 7.18.